The molecule has 0 saturated carbocycles. The molecule has 0 amide bonds. The van der Waals surface area contributed by atoms with Gasteiger partial charge in [-0.25, -0.2) is 15.0 Å². The molecule has 1 aliphatic rings. The van der Waals surface area contributed by atoms with Crippen LogP contribution in [0.15, 0.2) is 58.2 Å². The summed E-state index contributed by atoms with van der Waals surface area (Å²) in [6.45, 7) is 9.37. The van der Waals surface area contributed by atoms with Crippen molar-refractivity contribution in [2.45, 2.75) is 46.2 Å². The first-order valence-corrected chi connectivity index (χ1v) is 11.3. The molecule has 0 unspecified atom stereocenters. The van der Waals surface area contributed by atoms with Crippen molar-refractivity contribution >= 4 is 11.8 Å². The molecule has 3 heterocycles. The molecule has 1 aliphatic heterocycles. The third kappa shape index (κ3) is 5.66. The van der Waals surface area contributed by atoms with Gasteiger partial charge in [0.1, 0.15) is 12.4 Å². The van der Waals surface area contributed by atoms with Crippen molar-refractivity contribution in [3.8, 4) is 11.3 Å². The fourth-order valence-corrected chi connectivity index (χ4v) is 3.79. The van der Waals surface area contributed by atoms with E-state index in [-0.39, 0.29) is 0 Å². The standard InChI is InChI=1S/C25H32N6O/c1-4-26-25(29-17-24-28-16-22(32-24)20-8-5-18(2)6-9-20)30-21-11-13-31(14-12-21)23-10-7-19(3)15-27-23/h5-10,15-16,21H,4,11-14,17H2,1-3H3,(H2,26,29,30). The van der Waals surface area contributed by atoms with Crippen molar-refractivity contribution in [1.29, 1.82) is 0 Å². The van der Waals surface area contributed by atoms with Crippen molar-refractivity contribution in [3.05, 3.63) is 65.8 Å². The minimum absolute atomic E-state index is 0.377. The normalized spacial score (nSPS) is 15.1. The number of aryl methyl sites for hydroxylation is 2. The molecule has 0 aliphatic carbocycles. The molecule has 1 fully saturated rings. The fraction of sp³-hybridized carbons (Fsp3) is 0.400. The number of anilines is 1. The lowest BCUT2D eigenvalue weighted by atomic mass is 10.1. The van der Waals surface area contributed by atoms with E-state index in [2.05, 4.69) is 70.5 Å². The van der Waals surface area contributed by atoms with Gasteiger partial charge in [-0.3, -0.25) is 0 Å². The maximum atomic E-state index is 5.91. The van der Waals surface area contributed by atoms with E-state index in [1.54, 1.807) is 6.20 Å². The number of aliphatic imine (C=N–C) groups is 1. The summed E-state index contributed by atoms with van der Waals surface area (Å²) in [4.78, 5) is 16.0. The molecule has 7 nitrogen and oxygen atoms in total. The lowest BCUT2D eigenvalue weighted by molar-refractivity contribution is 0.458. The molecule has 1 saturated heterocycles. The Hall–Kier alpha value is -3.35. The van der Waals surface area contributed by atoms with Gasteiger partial charge in [0.15, 0.2) is 11.7 Å². The molecule has 1 aromatic carbocycles. The molecule has 168 valence electrons. The predicted molar refractivity (Wildman–Crippen MR) is 129 cm³/mol. The highest BCUT2D eigenvalue weighted by Gasteiger charge is 2.21. The minimum Gasteiger partial charge on any atom is -0.439 e. The second-order valence-corrected chi connectivity index (χ2v) is 8.28. The third-order valence-electron chi connectivity index (χ3n) is 5.66. The SMILES string of the molecule is CCNC(=NCc1ncc(-c2ccc(C)cc2)o1)NC1CCN(c2ccc(C)cn2)CC1. The molecule has 3 aromatic rings. The molecule has 7 heteroatoms. The first kappa shape index (κ1) is 21.9. The Morgan fingerprint density at radius 3 is 2.47 bits per heavy atom. The minimum atomic E-state index is 0.377. The van der Waals surface area contributed by atoms with E-state index in [0.717, 1.165) is 55.6 Å². The second kappa shape index (κ2) is 10.3. The Labute approximate surface area is 190 Å². The van der Waals surface area contributed by atoms with E-state index in [4.69, 9.17) is 9.41 Å². The zero-order valence-corrected chi connectivity index (χ0v) is 19.1. The summed E-state index contributed by atoms with van der Waals surface area (Å²) in [5.41, 5.74) is 3.44. The number of piperidine rings is 1. The average molecular weight is 433 g/mol. The van der Waals surface area contributed by atoms with Gasteiger partial charge in [0.25, 0.3) is 0 Å². The number of nitrogens with zero attached hydrogens (tertiary/aromatic N) is 4. The molecule has 2 N–H and O–H groups in total. The molecule has 0 atom stereocenters. The van der Waals surface area contributed by atoms with E-state index >= 15 is 0 Å². The van der Waals surface area contributed by atoms with Crippen LogP contribution in [-0.2, 0) is 6.54 Å². The lowest BCUT2D eigenvalue weighted by Crippen LogP contribution is -2.48. The largest absolute Gasteiger partial charge is 0.439 e. The van der Waals surface area contributed by atoms with E-state index < -0.39 is 0 Å². The van der Waals surface area contributed by atoms with E-state index in [9.17, 15) is 0 Å². The van der Waals surface area contributed by atoms with Gasteiger partial charge in [-0.2, -0.15) is 0 Å². The smallest absolute Gasteiger partial charge is 0.216 e. The van der Waals surface area contributed by atoms with E-state index in [0.29, 0.717) is 18.5 Å². The lowest BCUT2D eigenvalue weighted by Gasteiger charge is -2.33. The summed E-state index contributed by atoms with van der Waals surface area (Å²) in [5.74, 6) is 3.24. The second-order valence-electron chi connectivity index (χ2n) is 8.28. The Balaban J connectivity index is 1.33. The molecule has 32 heavy (non-hydrogen) atoms. The van der Waals surface area contributed by atoms with E-state index in [1.807, 2.05) is 18.3 Å². The van der Waals surface area contributed by atoms with Crippen LogP contribution in [0.25, 0.3) is 11.3 Å². The number of aromatic nitrogens is 2. The molecule has 0 radical (unpaired) electrons. The number of pyridine rings is 1. The van der Waals surface area contributed by atoms with E-state index in [1.165, 1.54) is 11.1 Å². The highest BCUT2D eigenvalue weighted by Crippen LogP contribution is 2.21. The van der Waals surface area contributed by atoms with Crippen LogP contribution < -0.4 is 15.5 Å². The van der Waals surface area contributed by atoms with Crippen LogP contribution in [0.2, 0.25) is 0 Å². The number of guanidine groups is 1. The summed E-state index contributed by atoms with van der Waals surface area (Å²) >= 11 is 0. The van der Waals surface area contributed by atoms with Crippen molar-refractivity contribution in [2.75, 3.05) is 24.5 Å². The molecular formula is C25H32N6O. The molecular weight excluding hydrogens is 400 g/mol. The van der Waals surface area contributed by atoms with Crippen LogP contribution in [0.1, 0.15) is 36.8 Å². The van der Waals surface area contributed by atoms with Crippen LogP contribution in [0.3, 0.4) is 0 Å². The number of benzene rings is 1. The van der Waals surface area contributed by atoms with Gasteiger partial charge in [0.2, 0.25) is 5.89 Å². The number of nitrogens with one attached hydrogen (secondary N) is 2. The Kier molecular flexibility index (Phi) is 7.04. The van der Waals surface area contributed by atoms with Crippen molar-refractivity contribution in [3.63, 3.8) is 0 Å². The molecule has 4 rings (SSSR count). The van der Waals surface area contributed by atoms with Crippen LogP contribution in [0, 0.1) is 13.8 Å². The van der Waals surface area contributed by atoms with Gasteiger partial charge in [0.05, 0.1) is 6.20 Å². The molecule has 0 spiro atoms. The summed E-state index contributed by atoms with van der Waals surface area (Å²) in [6.07, 6.45) is 5.78. The molecule has 0 bridgehead atoms. The zero-order valence-electron chi connectivity index (χ0n) is 19.1. The van der Waals surface area contributed by atoms with Crippen LogP contribution in [-0.4, -0.2) is 41.6 Å². The maximum absolute atomic E-state index is 5.91. The zero-order chi connectivity index (χ0) is 22.3. The Morgan fingerprint density at radius 1 is 1.03 bits per heavy atom. The average Bonchev–Trinajstić information content (AvgIpc) is 3.28. The summed E-state index contributed by atoms with van der Waals surface area (Å²) < 4.78 is 5.91. The van der Waals surface area contributed by atoms with Gasteiger partial charge >= 0.3 is 0 Å². The first-order valence-electron chi connectivity index (χ1n) is 11.3. The van der Waals surface area contributed by atoms with Gasteiger partial charge in [0, 0.05) is 37.4 Å². The number of oxazole rings is 1. The van der Waals surface area contributed by atoms with Crippen molar-refractivity contribution in [1.82, 2.24) is 20.6 Å². The fourth-order valence-electron chi connectivity index (χ4n) is 3.79. The van der Waals surface area contributed by atoms with Crippen LogP contribution >= 0.6 is 0 Å². The van der Waals surface area contributed by atoms with Gasteiger partial charge in [-0.1, -0.05) is 35.9 Å². The maximum Gasteiger partial charge on any atom is 0.216 e. The summed E-state index contributed by atoms with van der Waals surface area (Å²) in [6, 6.07) is 12.8. The monoisotopic (exact) mass is 432 g/mol. The highest BCUT2D eigenvalue weighted by atomic mass is 16.4. The van der Waals surface area contributed by atoms with Crippen molar-refractivity contribution in [2.24, 2.45) is 4.99 Å². The van der Waals surface area contributed by atoms with Crippen LogP contribution in [0.4, 0.5) is 5.82 Å². The number of hydrogen-bond acceptors (Lipinski definition) is 5. The topological polar surface area (TPSA) is 78.6 Å². The number of hydrogen-bond donors (Lipinski definition) is 2. The summed E-state index contributed by atoms with van der Waals surface area (Å²) in [7, 11) is 0. The first-order chi connectivity index (χ1) is 15.6. The Morgan fingerprint density at radius 2 is 1.78 bits per heavy atom. The van der Waals surface area contributed by atoms with Gasteiger partial charge in [-0.05, 0) is 45.2 Å². The third-order valence-corrected chi connectivity index (χ3v) is 5.66. The van der Waals surface area contributed by atoms with Crippen LogP contribution in [0.5, 0.6) is 0 Å². The van der Waals surface area contributed by atoms with Gasteiger partial charge in [-0.15, -0.1) is 0 Å². The highest BCUT2D eigenvalue weighted by molar-refractivity contribution is 5.80. The Bertz CT molecular complexity index is 1020. The summed E-state index contributed by atoms with van der Waals surface area (Å²) in [5, 5.41) is 6.91. The molecule has 2 aromatic heterocycles. The number of rotatable bonds is 6. The van der Waals surface area contributed by atoms with Gasteiger partial charge < -0.3 is 20.0 Å². The van der Waals surface area contributed by atoms with Crippen molar-refractivity contribution < 1.29 is 4.42 Å². The predicted octanol–water partition coefficient (Wildman–Crippen LogP) is 4.08. The quantitative estimate of drug-likeness (QED) is 0.451.